The number of halogens is 2. The third-order valence-corrected chi connectivity index (χ3v) is 5.64. The Balaban J connectivity index is 1.68. The van der Waals surface area contributed by atoms with Crippen molar-refractivity contribution in [2.24, 2.45) is 7.05 Å². The first-order valence-electron chi connectivity index (χ1n) is 8.29. The molecule has 6 nitrogen and oxygen atoms in total. The average Bonchev–Trinajstić information content (AvgIpc) is 3.21. The van der Waals surface area contributed by atoms with Gasteiger partial charge < -0.3 is 5.32 Å². The van der Waals surface area contributed by atoms with Crippen molar-refractivity contribution in [1.82, 2.24) is 24.9 Å². The first-order chi connectivity index (χ1) is 12.4. The average molecular weight is 435 g/mol. The summed E-state index contributed by atoms with van der Waals surface area (Å²) in [5.74, 6) is 0.714. The molecule has 2 heterocycles. The van der Waals surface area contributed by atoms with E-state index < -0.39 is 0 Å². The molecule has 3 aromatic rings. The van der Waals surface area contributed by atoms with E-state index in [4.69, 9.17) is 11.6 Å². The van der Waals surface area contributed by atoms with Gasteiger partial charge in [0.05, 0.1) is 26.9 Å². The molecule has 1 aliphatic carbocycles. The molecular formula is C18H17BrClN5O. The predicted octanol–water partition coefficient (Wildman–Crippen LogP) is 3.89. The van der Waals surface area contributed by atoms with Crippen LogP contribution in [0.3, 0.4) is 0 Å². The zero-order chi connectivity index (χ0) is 18.4. The predicted molar refractivity (Wildman–Crippen MR) is 104 cm³/mol. The monoisotopic (exact) mass is 433 g/mol. The molecule has 0 radical (unpaired) electrons. The summed E-state index contributed by atoms with van der Waals surface area (Å²) < 4.78 is 4.43. The molecule has 1 N–H and O–H groups in total. The summed E-state index contributed by atoms with van der Waals surface area (Å²) in [6.07, 6.45) is 5.75. The molecule has 0 spiro atoms. The summed E-state index contributed by atoms with van der Waals surface area (Å²) >= 11 is 9.79. The van der Waals surface area contributed by atoms with Gasteiger partial charge in [-0.05, 0) is 53.4 Å². The fraction of sp³-hybridized carbons (Fsp3) is 0.278. The lowest BCUT2D eigenvalue weighted by Gasteiger charge is -2.07. The Kier molecular flexibility index (Phi) is 4.36. The molecule has 26 heavy (non-hydrogen) atoms. The molecular weight excluding hydrogens is 418 g/mol. The number of nitrogens with one attached hydrogen (secondary N) is 1. The van der Waals surface area contributed by atoms with Crippen LogP contribution < -0.4 is 5.32 Å². The van der Waals surface area contributed by atoms with E-state index in [1.165, 1.54) is 0 Å². The number of benzene rings is 1. The van der Waals surface area contributed by atoms with E-state index in [1.54, 1.807) is 21.6 Å². The number of nitrogens with zero attached hydrogens (tertiary/aromatic N) is 4. The molecule has 134 valence electrons. The van der Waals surface area contributed by atoms with Crippen molar-refractivity contribution in [2.75, 3.05) is 0 Å². The number of aryl methyl sites for hydroxylation is 2. The second kappa shape index (κ2) is 6.55. The summed E-state index contributed by atoms with van der Waals surface area (Å²) in [5.41, 5.74) is 3.16. The summed E-state index contributed by atoms with van der Waals surface area (Å²) in [6, 6.07) is 5.74. The molecule has 2 aromatic heterocycles. The van der Waals surface area contributed by atoms with Gasteiger partial charge in [0.1, 0.15) is 0 Å². The number of aromatic nitrogens is 4. The van der Waals surface area contributed by atoms with E-state index >= 15 is 0 Å². The van der Waals surface area contributed by atoms with Crippen molar-refractivity contribution in [2.45, 2.75) is 25.8 Å². The second-order valence-corrected chi connectivity index (χ2v) is 7.66. The zero-order valence-electron chi connectivity index (χ0n) is 14.3. The molecule has 0 bridgehead atoms. The molecule has 0 atom stereocenters. The SMILES string of the molecule is Cc1nn(C)c(-n2cc(-c3ccc(Cl)c(C(=O)NC4CC4)c3)cn2)c1Br. The van der Waals surface area contributed by atoms with Crippen LogP contribution in [-0.4, -0.2) is 31.5 Å². The van der Waals surface area contributed by atoms with Crippen LogP contribution in [0.4, 0.5) is 0 Å². The largest absolute Gasteiger partial charge is 0.349 e. The topological polar surface area (TPSA) is 64.7 Å². The smallest absolute Gasteiger partial charge is 0.253 e. The Labute approximate surface area is 164 Å². The fourth-order valence-electron chi connectivity index (χ4n) is 2.83. The van der Waals surface area contributed by atoms with Gasteiger partial charge in [0, 0.05) is 24.8 Å². The Morgan fingerprint density at radius 3 is 2.77 bits per heavy atom. The molecule has 1 aliphatic rings. The molecule has 0 unspecified atom stereocenters. The molecule has 1 aromatic carbocycles. The molecule has 1 saturated carbocycles. The first kappa shape index (κ1) is 17.3. The Bertz CT molecular complexity index is 1010. The van der Waals surface area contributed by atoms with Crippen LogP contribution in [0.1, 0.15) is 28.9 Å². The molecule has 1 amide bonds. The van der Waals surface area contributed by atoms with Crippen molar-refractivity contribution in [3.05, 3.63) is 51.3 Å². The second-order valence-electron chi connectivity index (χ2n) is 6.46. The van der Waals surface area contributed by atoms with Crippen LogP contribution in [0.5, 0.6) is 0 Å². The van der Waals surface area contributed by atoms with Crippen LogP contribution in [0, 0.1) is 6.92 Å². The Morgan fingerprint density at radius 1 is 1.35 bits per heavy atom. The van der Waals surface area contributed by atoms with Crippen molar-refractivity contribution in [1.29, 1.82) is 0 Å². The van der Waals surface area contributed by atoms with Gasteiger partial charge >= 0.3 is 0 Å². The summed E-state index contributed by atoms with van der Waals surface area (Å²) in [5, 5.41) is 12.3. The summed E-state index contributed by atoms with van der Waals surface area (Å²) in [7, 11) is 1.87. The van der Waals surface area contributed by atoms with Gasteiger partial charge in [0.2, 0.25) is 0 Å². The number of amides is 1. The van der Waals surface area contributed by atoms with Crippen LogP contribution in [0.2, 0.25) is 5.02 Å². The van der Waals surface area contributed by atoms with Crippen LogP contribution >= 0.6 is 27.5 Å². The third kappa shape index (κ3) is 3.17. The highest BCUT2D eigenvalue weighted by molar-refractivity contribution is 9.10. The molecule has 1 fully saturated rings. The van der Waals surface area contributed by atoms with E-state index in [0.29, 0.717) is 10.6 Å². The highest BCUT2D eigenvalue weighted by atomic mass is 79.9. The fourth-order valence-corrected chi connectivity index (χ4v) is 3.55. The lowest BCUT2D eigenvalue weighted by molar-refractivity contribution is 0.0951. The maximum absolute atomic E-state index is 12.4. The van der Waals surface area contributed by atoms with Crippen molar-refractivity contribution in [3.63, 3.8) is 0 Å². The van der Waals surface area contributed by atoms with Crippen LogP contribution in [0.15, 0.2) is 35.1 Å². The molecule has 8 heteroatoms. The van der Waals surface area contributed by atoms with Gasteiger partial charge in [-0.25, -0.2) is 9.36 Å². The molecule has 0 aliphatic heterocycles. The Hall–Kier alpha value is -2.12. The number of carbonyl (C=O) groups excluding carboxylic acids is 1. The van der Waals surface area contributed by atoms with E-state index in [1.807, 2.05) is 32.3 Å². The van der Waals surface area contributed by atoms with Gasteiger partial charge in [-0.3, -0.25) is 4.79 Å². The maximum atomic E-state index is 12.4. The van der Waals surface area contributed by atoms with E-state index in [0.717, 1.165) is 40.0 Å². The van der Waals surface area contributed by atoms with E-state index in [2.05, 4.69) is 31.4 Å². The van der Waals surface area contributed by atoms with Gasteiger partial charge in [0.25, 0.3) is 5.91 Å². The third-order valence-electron chi connectivity index (χ3n) is 4.38. The van der Waals surface area contributed by atoms with Gasteiger partial charge in [-0.2, -0.15) is 10.2 Å². The van der Waals surface area contributed by atoms with Crippen molar-refractivity contribution < 1.29 is 4.79 Å². The summed E-state index contributed by atoms with van der Waals surface area (Å²) in [6.45, 7) is 1.93. The quantitative estimate of drug-likeness (QED) is 0.677. The molecule has 4 rings (SSSR count). The van der Waals surface area contributed by atoms with Crippen molar-refractivity contribution >= 4 is 33.4 Å². The summed E-state index contributed by atoms with van der Waals surface area (Å²) in [4.78, 5) is 12.4. The van der Waals surface area contributed by atoms with Gasteiger partial charge in [-0.15, -0.1) is 0 Å². The maximum Gasteiger partial charge on any atom is 0.253 e. The Morgan fingerprint density at radius 2 is 2.12 bits per heavy atom. The standard InChI is InChI=1S/C18H17BrClN5O/c1-10-16(19)18(24(2)23-10)25-9-12(8-21-25)11-3-6-15(20)14(7-11)17(26)22-13-4-5-13/h3,6-9,13H,4-5H2,1-2H3,(H,22,26). The minimum absolute atomic E-state index is 0.128. The van der Waals surface area contributed by atoms with Crippen LogP contribution in [0.25, 0.3) is 16.9 Å². The van der Waals surface area contributed by atoms with E-state index in [-0.39, 0.29) is 11.9 Å². The highest BCUT2D eigenvalue weighted by Crippen LogP contribution is 2.29. The number of rotatable bonds is 4. The number of hydrogen-bond acceptors (Lipinski definition) is 3. The van der Waals surface area contributed by atoms with Gasteiger partial charge in [-0.1, -0.05) is 17.7 Å². The van der Waals surface area contributed by atoms with E-state index in [9.17, 15) is 4.79 Å². The minimum atomic E-state index is -0.128. The number of hydrogen-bond donors (Lipinski definition) is 1. The van der Waals surface area contributed by atoms with Crippen molar-refractivity contribution in [3.8, 4) is 16.9 Å². The zero-order valence-corrected chi connectivity index (χ0v) is 16.7. The first-order valence-corrected chi connectivity index (χ1v) is 9.46. The van der Waals surface area contributed by atoms with Gasteiger partial charge in [0.15, 0.2) is 5.82 Å². The van der Waals surface area contributed by atoms with Crippen LogP contribution in [-0.2, 0) is 7.05 Å². The lowest BCUT2D eigenvalue weighted by atomic mass is 10.1. The minimum Gasteiger partial charge on any atom is -0.349 e. The highest BCUT2D eigenvalue weighted by Gasteiger charge is 2.25. The molecule has 0 saturated heterocycles. The lowest BCUT2D eigenvalue weighted by Crippen LogP contribution is -2.25. The normalized spacial score (nSPS) is 13.8. The number of carbonyl (C=O) groups is 1.